The summed E-state index contributed by atoms with van der Waals surface area (Å²) in [6.45, 7) is -0.870. The molecule has 0 fully saturated rings. The third-order valence-corrected chi connectivity index (χ3v) is 2.42. The van der Waals surface area contributed by atoms with Crippen molar-refractivity contribution in [3.63, 3.8) is 0 Å². The monoisotopic (exact) mass is 297 g/mol. The van der Waals surface area contributed by atoms with E-state index in [4.69, 9.17) is 4.74 Å². The summed E-state index contributed by atoms with van der Waals surface area (Å²) < 4.78 is 17.5. The molecule has 0 amide bonds. The zero-order valence-electron chi connectivity index (χ0n) is 8.73. The molecule has 17 heavy (non-hydrogen) atoms. The van der Waals surface area contributed by atoms with E-state index in [1.807, 2.05) is 12.1 Å². The lowest BCUT2D eigenvalue weighted by Gasteiger charge is -2.07. The minimum absolute atomic E-state index is 0.377. The van der Waals surface area contributed by atoms with Crippen molar-refractivity contribution in [2.75, 3.05) is 12.2 Å². The van der Waals surface area contributed by atoms with Gasteiger partial charge in [-0.1, -0.05) is 0 Å². The molecule has 0 bridgehead atoms. The number of rotatable bonds is 4. The molecule has 0 atom stereocenters. The second-order valence-electron chi connectivity index (χ2n) is 3.16. The highest BCUT2D eigenvalue weighted by atomic mass is 79.9. The number of pyridine rings is 2. The van der Waals surface area contributed by atoms with Crippen molar-refractivity contribution < 1.29 is 9.13 Å². The summed E-state index contributed by atoms with van der Waals surface area (Å²) in [6, 6.07) is 5.34. The first-order chi connectivity index (χ1) is 8.28. The van der Waals surface area contributed by atoms with Crippen molar-refractivity contribution in [2.24, 2.45) is 0 Å². The van der Waals surface area contributed by atoms with Crippen LogP contribution in [0, 0.1) is 0 Å². The maximum Gasteiger partial charge on any atom is 0.228 e. The second kappa shape index (κ2) is 5.58. The zero-order chi connectivity index (χ0) is 12.1. The molecule has 2 aromatic heterocycles. The van der Waals surface area contributed by atoms with Crippen molar-refractivity contribution in [1.82, 2.24) is 9.97 Å². The van der Waals surface area contributed by atoms with Crippen LogP contribution >= 0.6 is 15.9 Å². The Balaban J connectivity index is 2.12. The van der Waals surface area contributed by atoms with E-state index in [2.05, 4.69) is 31.2 Å². The van der Waals surface area contributed by atoms with Crippen LogP contribution in [0.1, 0.15) is 0 Å². The van der Waals surface area contributed by atoms with Crippen LogP contribution in [-0.2, 0) is 0 Å². The van der Waals surface area contributed by atoms with Crippen molar-refractivity contribution in [3.8, 4) is 5.75 Å². The normalized spacial score (nSPS) is 10.0. The first-order valence-electron chi connectivity index (χ1n) is 4.80. The van der Waals surface area contributed by atoms with Gasteiger partial charge in [0, 0.05) is 6.07 Å². The lowest BCUT2D eigenvalue weighted by molar-refractivity contribution is 0.191. The SMILES string of the molecule is FCOc1cncc(Nc2ccc(Br)nc2)c1. The van der Waals surface area contributed by atoms with Gasteiger partial charge in [-0.3, -0.25) is 4.98 Å². The molecule has 0 aromatic carbocycles. The molecule has 0 spiro atoms. The molecule has 0 aliphatic carbocycles. The summed E-state index contributed by atoms with van der Waals surface area (Å²) in [5.41, 5.74) is 1.52. The van der Waals surface area contributed by atoms with Gasteiger partial charge < -0.3 is 10.1 Å². The molecule has 0 saturated heterocycles. The van der Waals surface area contributed by atoms with E-state index in [0.29, 0.717) is 11.4 Å². The summed E-state index contributed by atoms with van der Waals surface area (Å²) in [5.74, 6) is 0.377. The molecule has 4 nitrogen and oxygen atoms in total. The molecular weight excluding hydrogens is 289 g/mol. The van der Waals surface area contributed by atoms with E-state index in [1.54, 1.807) is 18.5 Å². The summed E-state index contributed by atoms with van der Waals surface area (Å²) in [6.07, 6.45) is 4.74. The molecule has 0 saturated carbocycles. The van der Waals surface area contributed by atoms with Gasteiger partial charge >= 0.3 is 0 Å². The van der Waals surface area contributed by atoms with E-state index in [0.717, 1.165) is 10.3 Å². The number of halogens is 2. The lowest BCUT2D eigenvalue weighted by Crippen LogP contribution is -1.95. The number of ether oxygens (including phenoxy) is 1. The van der Waals surface area contributed by atoms with Crippen LogP contribution in [-0.4, -0.2) is 16.8 Å². The van der Waals surface area contributed by atoms with Gasteiger partial charge in [-0.2, -0.15) is 0 Å². The Morgan fingerprint density at radius 3 is 2.82 bits per heavy atom. The molecule has 2 heterocycles. The highest BCUT2D eigenvalue weighted by Gasteiger charge is 1.99. The van der Waals surface area contributed by atoms with E-state index in [-0.39, 0.29) is 0 Å². The Morgan fingerprint density at radius 1 is 1.24 bits per heavy atom. The predicted octanol–water partition coefficient (Wildman–Crippen LogP) is 3.29. The Kier molecular flexibility index (Phi) is 3.87. The lowest BCUT2D eigenvalue weighted by atomic mass is 10.3. The molecule has 0 aliphatic heterocycles. The van der Waals surface area contributed by atoms with E-state index >= 15 is 0 Å². The number of nitrogens with zero attached hydrogens (tertiary/aromatic N) is 2. The first kappa shape index (κ1) is 11.8. The molecule has 0 aliphatic rings. The Morgan fingerprint density at radius 2 is 2.12 bits per heavy atom. The van der Waals surface area contributed by atoms with E-state index < -0.39 is 6.86 Å². The number of hydrogen-bond acceptors (Lipinski definition) is 4. The van der Waals surface area contributed by atoms with Crippen LogP contribution in [0.15, 0.2) is 41.4 Å². The van der Waals surface area contributed by atoms with Gasteiger partial charge in [0.2, 0.25) is 6.86 Å². The third-order valence-electron chi connectivity index (χ3n) is 1.95. The maximum absolute atomic E-state index is 12.0. The quantitative estimate of drug-likeness (QED) is 0.880. The molecule has 6 heteroatoms. The van der Waals surface area contributed by atoms with Crippen LogP contribution in [0.25, 0.3) is 0 Å². The first-order valence-corrected chi connectivity index (χ1v) is 5.59. The number of nitrogens with one attached hydrogen (secondary N) is 1. The van der Waals surface area contributed by atoms with Crippen molar-refractivity contribution in [1.29, 1.82) is 0 Å². The summed E-state index contributed by atoms with van der Waals surface area (Å²) in [7, 11) is 0. The maximum atomic E-state index is 12.0. The third kappa shape index (κ3) is 3.39. The second-order valence-corrected chi connectivity index (χ2v) is 3.97. The van der Waals surface area contributed by atoms with Gasteiger partial charge in [0.1, 0.15) is 10.4 Å². The predicted molar refractivity (Wildman–Crippen MR) is 66.1 cm³/mol. The van der Waals surface area contributed by atoms with Crippen LogP contribution < -0.4 is 10.1 Å². The fourth-order valence-electron chi connectivity index (χ4n) is 1.25. The molecule has 1 N–H and O–H groups in total. The standard InChI is InChI=1S/C11H9BrFN3O/c12-11-2-1-8(5-15-11)16-9-3-10(17-7-13)6-14-4-9/h1-6,16H,7H2. The Bertz CT molecular complexity index is 492. The van der Waals surface area contributed by atoms with Crippen LogP contribution in [0.5, 0.6) is 5.75 Å². The number of alkyl halides is 1. The van der Waals surface area contributed by atoms with Gasteiger partial charge in [-0.15, -0.1) is 0 Å². The average molecular weight is 298 g/mol. The Labute approximate surface area is 106 Å². The van der Waals surface area contributed by atoms with Gasteiger partial charge in [-0.25, -0.2) is 9.37 Å². The van der Waals surface area contributed by atoms with Crippen molar-refractivity contribution in [2.45, 2.75) is 0 Å². The van der Waals surface area contributed by atoms with Gasteiger partial charge in [0.25, 0.3) is 0 Å². The highest BCUT2D eigenvalue weighted by molar-refractivity contribution is 9.10. The smallest absolute Gasteiger partial charge is 0.228 e. The van der Waals surface area contributed by atoms with E-state index in [1.165, 1.54) is 6.20 Å². The van der Waals surface area contributed by atoms with E-state index in [9.17, 15) is 4.39 Å². The highest BCUT2D eigenvalue weighted by Crippen LogP contribution is 2.20. The van der Waals surface area contributed by atoms with Crippen molar-refractivity contribution in [3.05, 3.63) is 41.4 Å². The minimum atomic E-state index is -0.870. The Hall–Kier alpha value is -1.69. The molecule has 2 aromatic rings. The summed E-state index contributed by atoms with van der Waals surface area (Å²) in [4.78, 5) is 8.01. The van der Waals surface area contributed by atoms with Crippen LogP contribution in [0.4, 0.5) is 15.8 Å². The molecular formula is C11H9BrFN3O. The molecule has 2 rings (SSSR count). The summed E-state index contributed by atoms with van der Waals surface area (Å²) in [5, 5.41) is 3.08. The summed E-state index contributed by atoms with van der Waals surface area (Å²) >= 11 is 3.25. The molecule has 88 valence electrons. The largest absolute Gasteiger partial charge is 0.461 e. The minimum Gasteiger partial charge on any atom is -0.461 e. The van der Waals surface area contributed by atoms with Crippen LogP contribution in [0.3, 0.4) is 0 Å². The average Bonchev–Trinajstić information content (AvgIpc) is 2.33. The number of anilines is 2. The fourth-order valence-corrected chi connectivity index (χ4v) is 1.48. The van der Waals surface area contributed by atoms with Gasteiger partial charge in [0.05, 0.1) is 30.0 Å². The molecule has 0 radical (unpaired) electrons. The molecule has 0 unspecified atom stereocenters. The number of aromatic nitrogens is 2. The number of hydrogen-bond donors (Lipinski definition) is 1. The zero-order valence-corrected chi connectivity index (χ0v) is 10.3. The topological polar surface area (TPSA) is 47.0 Å². The van der Waals surface area contributed by atoms with Crippen LogP contribution in [0.2, 0.25) is 0 Å². The van der Waals surface area contributed by atoms with Gasteiger partial charge in [0.15, 0.2) is 0 Å². The van der Waals surface area contributed by atoms with Crippen molar-refractivity contribution >= 4 is 27.3 Å². The fraction of sp³-hybridized carbons (Fsp3) is 0.0909. The van der Waals surface area contributed by atoms with Gasteiger partial charge in [-0.05, 0) is 28.1 Å².